The lowest BCUT2D eigenvalue weighted by atomic mass is 10.1. The Morgan fingerprint density at radius 1 is 1.35 bits per heavy atom. The predicted molar refractivity (Wildman–Crippen MR) is 98.4 cm³/mol. The van der Waals surface area contributed by atoms with Gasteiger partial charge in [0.05, 0.1) is 29.7 Å². The topological polar surface area (TPSA) is 71.4 Å². The SMILES string of the molecule is COc1cccc(CN2CCc3nc(-c4ccco4)[nH]c(=O)c3C2)c1Cl. The van der Waals surface area contributed by atoms with E-state index in [2.05, 4.69) is 14.9 Å². The summed E-state index contributed by atoms with van der Waals surface area (Å²) in [5.74, 6) is 1.70. The van der Waals surface area contributed by atoms with E-state index >= 15 is 0 Å². The van der Waals surface area contributed by atoms with E-state index in [4.69, 9.17) is 20.8 Å². The minimum Gasteiger partial charge on any atom is -0.495 e. The average molecular weight is 372 g/mol. The predicted octanol–water partition coefficient (Wildman–Crippen LogP) is 3.25. The Morgan fingerprint density at radius 2 is 2.23 bits per heavy atom. The summed E-state index contributed by atoms with van der Waals surface area (Å²) in [6.45, 7) is 1.98. The molecule has 0 amide bonds. The first-order valence-corrected chi connectivity index (χ1v) is 8.73. The minimum absolute atomic E-state index is 0.122. The number of halogens is 1. The molecule has 1 N–H and O–H groups in total. The molecule has 0 aliphatic carbocycles. The van der Waals surface area contributed by atoms with Gasteiger partial charge in [-0.15, -0.1) is 0 Å². The molecule has 0 spiro atoms. The largest absolute Gasteiger partial charge is 0.495 e. The Morgan fingerprint density at radius 3 is 3.00 bits per heavy atom. The van der Waals surface area contributed by atoms with E-state index in [9.17, 15) is 4.79 Å². The molecule has 3 heterocycles. The number of rotatable bonds is 4. The van der Waals surface area contributed by atoms with Gasteiger partial charge in [0, 0.05) is 26.1 Å². The van der Waals surface area contributed by atoms with Gasteiger partial charge >= 0.3 is 0 Å². The summed E-state index contributed by atoms with van der Waals surface area (Å²) in [5.41, 5.74) is 2.38. The summed E-state index contributed by atoms with van der Waals surface area (Å²) in [6, 6.07) is 9.28. The lowest BCUT2D eigenvalue weighted by Crippen LogP contribution is -2.35. The summed E-state index contributed by atoms with van der Waals surface area (Å²) in [5, 5.41) is 0.612. The normalized spacial score (nSPS) is 14.2. The number of aromatic amines is 1. The second kappa shape index (κ2) is 6.97. The second-order valence-corrected chi connectivity index (χ2v) is 6.59. The standard InChI is InChI=1S/C19H18ClN3O3/c1-25-15-5-2-4-12(17(15)20)10-23-8-7-14-13(11-23)19(24)22-18(21-14)16-6-3-9-26-16/h2-6,9H,7-8,10-11H2,1H3,(H,21,22,24). The van der Waals surface area contributed by atoms with Crippen LogP contribution in [0.1, 0.15) is 16.8 Å². The number of furan rings is 1. The number of nitrogens with zero attached hydrogens (tertiary/aromatic N) is 2. The smallest absolute Gasteiger partial charge is 0.256 e. The van der Waals surface area contributed by atoms with Crippen LogP contribution in [0.3, 0.4) is 0 Å². The minimum atomic E-state index is -0.122. The van der Waals surface area contributed by atoms with E-state index in [1.165, 1.54) is 0 Å². The Bertz CT molecular complexity index is 982. The zero-order valence-electron chi connectivity index (χ0n) is 14.3. The third-order valence-corrected chi connectivity index (χ3v) is 4.99. The highest BCUT2D eigenvalue weighted by molar-refractivity contribution is 6.32. The maximum atomic E-state index is 12.5. The molecule has 0 saturated carbocycles. The van der Waals surface area contributed by atoms with Crippen molar-refractivity contribution < 1.29 is 9.15 Å². The molecule has 0 atom stereocenters. The first-order chi connectivity index (χ1) is 12.7. The summed E-state index contributed by atoms with van der Waals surface area (Å²) in [7, 11) is 1.60. The van der Waals surface area contributed by atoms with E-state index in [0.29, 0.717) is 47.4 Å². The van der Waals surface area contributed by atoms with Crippen molar-refractivity contribution in [2.75, 3.05) is 13.7 Å². The fourth-order valence-electron chi connectivity index (χ4n) is 3.22. The van der Waals surface area contributed by atoms with Crippen LogP contribution >= 0.6 is 11.6 Å². The number of methoxy groups -OCH3 is 1. The van der Waals surface area contributed by atoms with E-state index in [1.807, 2.05) is 18.2 Å². The van der Waals surface area contributed by atoms with Crippen molar-refractivity contribution in [2.45, 2.75) is 19.5 Å². The van der Waals surface area contributed by atoms with Crippen LogP contribution in [0.25, 0.3) is 11.6 Å². The van der Waals surface area contributed by atoms with E-state index in [0.717, 1.165) is 17.8 Å². The molecular formula is C19H18ClN3O3. The van der Waals surface area contributed by atoms with E-state index in [-0.39, 0.29) is 5.56 Å². The maximum Gasteiger partial charge on any atom is 0.256 e. The number of aromatic nitrogens is 2. The third-order valence-electron chi connectivity index (χ3n) is 4.56. The van der Waals surface area contributed by atoms with Crippen molar-refractivity contribution in [1.29, 1.82) is 0 Å². The Labute approximate surface area is 155 Å². The first kappa shape index (κ1) is 16.9. The van der Waals surface area contributed by atoms with E-state index in [1.54, 1.807) is 25.5 Å². The van der Waals surface area contributed by atoms with Gasteiger partial charge in [-0.05, 0) is 23.8 Å². The molecule has 0 radical (unpaired) electrons. The number of H-pyrrole nitrogens is 1. The van der Waals surface area contributed by atoms with Crippen molar-refractivity contribution in [3.05, 3.63) is 68.8 Å². The Kier molecular flexibility index (Phi) is 4.53. The zero-order valence-corrected chi connectivity index (χ0v) is 15.0. The van der Waals surface area contributed by atoms with Gasteiger partial charge in [-0.2, -0.15) is 0 Å². The molecule has 2 aromatic heterocycles. The Balaban J connectivity index is 1.58. The summed E-state index contributed by atoms with van der Waals surface area (Å²) < 4.78 is 10.6. The van der Waals surface area contributed by atoms with Gasteiger partial charge in [-0.25, -0.2) is 4.98 Å². The lowest BCUT2D eigenvalue weighted by molar-refractivity contribution is 0.241. The number of nitrogens with one attached hydrogen (secondary N) is 1. The first-order valence-electron chi connectivity index (χ1n) is 8.35. The summed E-state index contributed by atoms with van der Waals surface area (Å²) in [4.78, 5) is 22.1. The maximum absolute atomic E-state index is 12.5. The van der Waals surface area contributed by atoms with Crippen molar-refractivity contribution in [3.8, 4) is 17.3 Å². The number of ether oxygens (including phenoxy) is 1. The van der Waals surface area contributed by atoms with Gasteiger partial charge in [0.15, 0.2) is 11.6 Å². The van der Waals surface area contributed by atoms with Gasteiger partial charge in [-0.3, -0.25) is 9.69 Å². The molecule has 26 heavy (non-hydrogen) atoms. The van der Waals surface area contributed by atoms with Gasteiger partial charge in [0.2, 0.25) is 0 Å². The second-order valence-electron chi connectivity index (χ2n) is 6.21. The number of hydrogen-bond donors (Lipinski definition) is 1. The molecule has 6 nitrogen and oxygen atoms in total. The highest BCUT2D eigenvalue weighted by atomic mass is 35.5. The van der Waals surface area contributed by atoms with Crippen LogP contribution in [-0.2, 0) is 19.5 Å². The molecule has 0 bridgehead atoms. The van der Waals surface area contributed by atoms with Crippen LogP contribution in [0.15, 0.2) is 45.8 Å². The van der Waals surface area contributed by atoms with Gasteiger partial charge in [-0.1, -0.05) is 23.7 Å². The number of benzene rings is 1. The third kappa shape index (κ3) is 3.13. The molecule has 0 fully saturated rings. The van der Waals surface area contributed by atoms with Gasteiger partial charge < -0.3 is 14.1 Å². The molecule has 1 aliphatic rings. The van der Waals surface area contributed by atoms with Crippen molar-refractivity contribution in [1.82, 2.24) is 14.9 Å². The van der Waals surface area contributed by atoms with Crippen LogP contribution in [-0.4, -0.2) is 28.5 Å². The fourth-order valence-corrected chi connectivity index (χ4v) is 3.49. The van der Waals surface area contributed by atoms with E-state index < -0.39 is 0 Å². The van der Waals surface area contributed by atoms with Crippen LogP contribution in [0.4, 0.5) is 0 Å². The zero-order chi connectivity index (χ0) is 18.1. The summed E-state index contributed by atoms with van der Waals surface area (Å²) >= 11 is 6.40. The Hall–Kier alpha value is -2.57. The molecule has 0 saturated heterocycles. The molecule has 4 rings (SSSR count). The van der Waals surface area contributed by atoms with Crippen LogP contribution in [0, 0.1) is 0 Å². The van der Waals surface area contributed by atoms with Gasteiger partial charge in [0.1, 0.15) is 5.75 Å². The highest BCUT2D eigenvalue weighted by Crippen LogP contribution is 2.29. The molecule has 3 aromatic rings. The quantitative estimate of drug-likeness (QED) is 0.762. The lowest BCUT2D eigenvalue weighted by Gasteiger charge is -2.28. The number of fused-ring (bicyclic) bond motifs is 1. The van der Waals surface area contributed by atoms with Crippen LogP contribution in [0.5, 0.6) is 5.75 Å². The monoisotopic (exact) mass is 371 g/mol. The van der Waals surface area contributed by atoms with Gasteiger partial charge in [0.25, 0.3) is 5.56 Å². The van der Waals surface area contributed by atoms with Crippen molar-refractivity contribution >= 4 is 11.6 Å². The average Bonchev–Trinajstić information content (AvgIpc) is 3.18. The molecule has 0 unspecified atom stereocenters. The molecule has 1 aliphatic heterocycles. The molecule has 1 aromatic carbocycles. The molecule has 134 valence electrons. The van der Waals surface area contributed by atoms with Crippen LogP contribution < -0.4 is 10.3 Å². The van der Waals surface area contributed by atoms with Crippen LogP contribution in [0.2, 0.25) is 5.02 Å². The summed E-state index contributed by atoms with van der Waals surface area (Å²) in [6.07, 6.45) is 2.27. The van der Waals surface area contributed by atoms with Crippen molar-refractivity contribution in [2.24, 2.45) is 0 Å². The molecular weight excluding hydrogens is 354 g/mol. The van der Waals surface area contributed by atoms with Crippen molar-refractivity contribution in [3.63, 3.8) is 0 Å². The highest BCUT2D eigenvalue weighted by Gasteiger charge is 2.23. The molecule has 7 heteroatoms. The fraction of sp³-hybridized carbons (Fsp3) is 0.263. The number of hydrogen-bond acceptors (Lipinski definition) is 5.